The number of anilines is 2. The second kappa shape index (κ2) is 9.47. The van der Waals surface area contributed by atoms with Gasteiger partial charge in [0.15, 0.2) is 0 Å². The number of benzene rings is 2. The molecule has 1 aromatic heterocycles. The zero-order valence-corrected chi connectivity index (χ0v) is 18.0. The van der Waals surface area contributed by atoms with Gasteiger partial charge in [0.1, 0.15) is 5.82 Å². The summed E-state index contributed by atoms with van der Waals surface area (Å²) in [6, 6.07) is 12.8. The van der Waals surface area contributed by atoms with Crippen molar-refractivity contribution in [1.82, 2.24) is 14.9 Å². The molecule has 1 aliphatic heterocycles. The van der Waals surface area contributed by atoms with Gasteiger partial charge in [-0.05, 0) is 49.5 Å². The van der Waals surface area contributed by atoms with Crippen LogP contribution >= 0.6 is 11.6 Å². The molecule has 2 aromatic carbocycles. The summed E-state index contributed by atoms with van der Waals surface area (Å²) in [6.07, 6.45) is 0. The third kappa shape index (κ3) is 5.41. The van der Waals surface area contributed by atoms with E-state index in [-0.39, 0.29) is 18.0 Å². The summed E-state index contributed by atoms with van der Waals surface area (Å²) in [7, 11) is 1.80. The molecule has 0 unspecified atom stereocenters. The van der Waals surface area contributed by atoms with Gasteiger partial charge in [0, 0.05) is 29.5 Å². The van der Waals surface area contributed by atoms with Gasteiger partial charge in [0.25, 0.3) is 5.56 Å². The predicted octanol–water partition coefficient (Wildman–Crippen LogP) is 2.48. The maximum atomic E-state index is 12.4. The van der Waals surface area contributed by atoms with Gasteiger partial charge >= 0.3 is 0 Å². The number of carbonyl (C=O) groups is 1. The van der Waals surface area contributed by atoms with Gasteiger partial charge in [0.2, 0.25) is 5.91 Å². The summed E-state index contributed by atoms with van der Waals surface area (Å²) in [5.41, 5.74) is 2.18. The standard InChI is InChI=1S/C22H24ClN5O3/c1-27(13-20-25-19-7-2-15(23)12-18(19)22(30)26-20)14-21(29)24-16-3-5-17(6-4-16)28-8-10-31-11-9-28/h2-7,12H,8-11,13-14H2,1H3,(H,24,29)(H,25,26,30). The van der Waals surface area contributed by atoms with Crippen LogP contribution in [0.2, 0.25) is 5.02 Å². The number of halogens is 1. The summed E-state index contributed by atoms with van der Waals surface area (Å²) in [5, 5.41) is 3.83. The highest BCUT2D eigenvalue weighted by Crippen LogP contribution is 2.19. The van der Waals surface area contributed by atoms with Crippen LogP contribution in [0.5, 0.6) is 0 Å². The van der Waals surface area contributed by atoms with Crippen molar-refractivity contribution in [2.75, 3.05) is 50.1 Å². The topological polar surface area (TPSA) is 90.6 Å². The maximum absolute atomic E-state index is 12.4. The third-order valence-corrected chi connectivity index (χ3v) is 5.31. The number of rotatable bonds is 6. The van der Waals surface area contributed by atoms with E-state index in [0.29, 0.717) is 28.3 Å². The second-order valence-corrected chi connectivity index (χ2v) is 7.98. The molecule has 1 amide bonds. The average molecular weight is 442 g/mol. The van der Waals surface area contributed by atoms with Gasteiger partial charge in [-0.2, -0.15) is 0 Å². The van der Waals surface area contributed by atoms with E-state index >= 15 is 0 Å². The molecular weight excluding hydrogens is 418 g/mol. The molecule has 0 spiro atoms. The molecule has 8 nitrogen and oxygen atoms in total. The van der Waals surface area contributed by atoms with E-state index < -0.39 is 0 Å². The minimum Gasteiger partial charge on any atom is -0.378 e. The largest absolute Gasteiger partial charge is 0.378 e. The first-order valence-corrected chi connectivity index (χ1v) is 10.5. The first-order chi connectivity index (χ1) is 15.0. The molecule has 2 N–H and O–H groups in total. The molecule has 4 rings (SSSR count). The van der Waals surface area contributed by atoms with Gasteiger partial charge in [-0.15, -0.1) is 0 Å². The first kappa shape index (κ1) is 21.3. The van der Waals surface area contributed by atoms with E-state index in [1.54, 1.807) is 30.1 Å². The molecule has 162 valence electrons. The summed E-state index contributed by atoms with van der Waals surface area (Å²) >= 11 is 5.95. The number of morpholine rings is 1. The zero-order valence-electron chi connectivity index (χ0n) is 17.2. The molecule has 0 aliphatic carbocycles. The second-order valence-electron chi connectivity index (χ2n) is 7.54. The quantitative estimate of drug-likeness (QED) is 0.610. The predicted molar refractivity (Wildman–Crippen MR) is 122 cm³/mol. The van der Waals surface area contributed by atoms with Crippen LogP contribution in [0, 0.1) is 0 Å². The number of ether oxygens (including phenoxy) is 1. The van der Waals surface area contributed by atoms with E-state index in [0.717, 1.165) is 37.7 Å². The Balaban J connectivity index is 1.34. The minimum atomic E-state index is -0.249. The van der Waals surface area contributed by atoms with Crippen LogP contribution in [0.3, 0.4) is 0 Å². The molecule has 0 saturated carbocycles. The fourth-order valence-electron chi connectivity index (χ4n) is 3.57. The van der Waals surface area contributed by atoms with E-state index in [4.69, 9.17) is 16.3 Å². The number of nitrogens with zero attached hydrogens (tertiary/aromatic N) is 3. The maximum Gasteiger partial charge on any atom is 0.258 e. The molecule has 1 fully saturated rings. The van der Waals surface area contributed by atoms with Gasteiger partial charge < -0.3 is 19.9 Å². The highest BCUT2D eigenvalue weighted by molar-refractivity contribution is 6.31. The fourth-order valence-corrected chi connectivity index (χ4v) is 3.74. The normalized spacial score (nSPS) is 14.2. The molecule has 0 radical (unpaired) electrons. The summed E-state index contributed by atoms with van der Waals surface area (Å²) in [4.78, 5) is 36.0. The molecule has 2 heterocycles. The van der Waals surface area contributed by atoms with E-state index in [9.17, 15) is 9.59 Å². The van der Waals surface area contributed by atoms with Gasteiger partial charge in [-0.3, -0.25) is 14.5 Å². The van der Waals surface area contributed by atoms with Crippen molar-refractivity contribution in [3.8, 4) is 0 Å². The van der Waals surface area contributed by atoms with Crippen molar-refractivity contribution in [2.24, 2.45) is 0 Å². The highest BCUT2D eigenvalue weighted by Gasteiger charge is 2.13. The number of carbonyl (C=O) groups excluding carboxylic acids is 1. The third-order valence-electron chi connectivity index (χ3n) is 5.08. The van der Waals surface area contributed by atoms with Crippen molar-refractivity contribution in [3.63, 3.8) is 0 Å². The lowest BCUT2D eigenvalue weighted by Gasteiger charge is -2.28. The monoisotopic (exact) mass is 441 g/mol. The Morgan fingerprint density at radius 1 is 1.23 bits per heavy atom. The van der Waals surface area contributed by atoms with E-state index in [1.807, 2.05) is 24.3 Å². The number of H-pyrrole nitrogens is 1. The lowest BCUT2D eigenvalue weighted by molar-refractivity contribution is -0.117. The minimum absolute atomic E-state index is 0.142. The molecule has 0 bridgehead atoms. The molecule has 31 heavy (non-hydrogen) atoms. The molecule has 9 heteroatoms. The first-order valence-electron chi connectivity index (χ1n) is 10.1. The van der Waals surface area contributed by atoms with Crippen LogP contribution in [-0.2, 0) is 16.1 Å². The van der Waals surface area contributed by atoms with Gasteiger partial charge in [-0.1, -0.05) is 11.6 Å². The SMILES string of the molecule is CN(CC(=O)Nc1ccc(N2CCOCC2)cc1)Cc1nc2ccc(Cl)cc2c(=O)[nH]1. The number of fused-ring (bicyclic) bond motifs is 1. The van der Waals surface area contributed by atoms with Crippen LogP contribution in [0.4, 0.5) is 11.4 Å². The number of likely N-dealkylation sites (N-methyl/N-ethyl adjacent to an activating group) is 1. The Labute approximate surface area is 184 Å². The number of aromatic amines is 1. The van der Waals surface area contributed by atoms with Crippen LogP contribution in [0.15, 0.2) is 47.3 Å². The summed E-state index contributed by atoms with van der Waals surface area (Å²) in [6.45, 7) is 3.69. The molecular formula is C22H24ClN5O3. The summed E-state index contributed by atoms with van der Waals surface area (Å²) < 4.78 is 5.38. The van der Waals surface area contributed by atoms with Crippen LogP contribution in [0.1, 0.15) is 5.82 Å². The lowest BCUT2D eigenvalue weighted by Crippen LogP contribution is -2.36. The molecule has 1 saturated heterocycles. The molecule has 3 aromatic rings. The lowest BCUT2D eigenvalue weighted by atomic mass is 10.2. The van der Waals surface area contributed by atoms with E-state index in [1.165, 1.54) is 0 Å². The molecule has 0 atom stereocenters. The summed E-state index contributed by atoms with van der Waals surface area (Å²) in [5.74, 6) is 0.349. The number of hydrogen-bond acceptors (Lipinski definition) is 6. The zero-order chi connectivity index (χ0) is 21.8. The van der Waals surface area contributed by atoms with Crippen molar-refractivity contribution < 1.29 is 9.53 Å². The highest BCUT2D eigenvalue weighted by atomic mass is 35.5. The van der Waals surface area contributed by atoms with Gasteiger partial charge in [0.05, 0.1) is 37.2 Å². The Kier molecular flexibility index (Phi) is 6.50. The number of aromatic nitrogens is 2. The Morgan fingerprint density at radius 3 is 2.71 bits per heavy atom. The molecule has 1 aliphatic rings. The van der Waals surface area contributed by atoms with Crippen LogP contribution < -0.4 is 15.8 Å². The smallest absolute Gasteiger partial charge is 0.258 e. The Morgan fingerprint density at radius 2 is 1.97 bits per heavy atom. The number of amides is 1. The van der Waals surface area contributed by atoms with Crippen molar-refractivity contribution in [3.05, 3.63) is 63.7 Å². The number of hydrogen-bond donors (Lipinski definition) is 2. The Bertz CT molecular complexity index is 1130. The van der Waals surface area contributed by atoms with Crippen molar-refractivity contribution >= 4 is 39.8 Å². The van der Waals surface area contributed by atoms with Crippen LogP contribution in [0.25, 0.3) is 10.9 Å². The van der Waals surface area contributed by atoms with Crippen molar-refractivity contribution in [2.45, 2.75) is 6.54 Å². The van der Waals surface area contributed by atoms with Crippen molar-refractivity contribution in [1.29, 1.82) is 0 Å². The number of nitrogens with one attached hydrogen (secondary N) is 2. The Hall–Kier alpha value is -2.94. The fraction of sp³-hybridized carbons (Fsp3) is 0.318. The van der Waals surface area contributed by atoms with Gasteiger partial charge in [-0.25, -0.2) is 4.98 Å². The van der Waals surface area contributed by atoms with Crippen LogP contribution in [-0.4, -0.2) is 60.7 Å². The van der Waals surface area contributed by atoms with E-state index in [2.05, 4.69) is 20.2 Å². The average Bonchev–Trinajstić information content (AvgIpc) is 2.75.